The molecular formula is C10H14N6S. The molecule has 0 saturated heterocycles. The zero-order valence-electron chi connectivity index (χ0n) is 9.98. The molecule has 0 fully saturated rings. The van der Waals surface area contributed by atoms with Crippen LogP contribution in [-0.4, -0.2) is 31.7 Å². The molecule has 2 aromatic heterocycles. The van der Waals surface area contributed by atoms with E-state index in [4.69, 9.17) is 12.2 Å². The van der Waals surface area contributed by atoms with Crippen molar-refractivity contribution in [1.82, 2.24) is 30.2 Å². The molecule has 0 bridgehead atoms. The predicted molar refractivity (Wildman–Crippen MR) is 68.8 cm³/mol. The molecule has 0 atom stereocenters. The molecule has 0 radical (unpaired) electrons. The van der Waals surface area contributed by atoms with E-state index in [1.54, 1.807) is 7.05 Å². The van der Waals surface area contributed by atoms with E-state index >= 15 is 0 Å². The maximum atomic E-state index is 5.01. The summed E-state index contributed by atoms with van der Waals surface area (Å²) in [4.78, 5) is 4.32. The molecule has 2 aromatic rings. The smallest absolute Gasteiger partial charge is 0.255 e. The Kier molecular flexibility index (Phi) is 3.19. The van der Waals surface area contributed by atoms with Crippen LogP contribution in [0.5, 0.6) is 0 Å². The van der Waals surface area contributed by atoms with Crippen LogP contribution >= 0.6 is 12.2 Å². The molecule has 0 aliphatic rings. The summed E-state index contributed by atoms with van der Waals surface area (Å²) in [6.07, 6.45) is 0. The summed E-state index contributed by atoms with van der Waals surface area (Å²) in [5, 5.41) is 14.6. The van der Waals surface area contributed by atoms with Gasteiger partial charge >= 0.3 is 0 Å². The lowest BCUT2D eigenvalue weighted by atomic mass is 10.3. The molecule has 0 amide bonds. The Balaban J connectivity index is 2.33. The van der Waals surface area contributed by atoms with E-state index < -0.39 is 0 Å². The number of nitrogens with zero attached hydrogens (tertiary/aromatic N) is 4. The van der Waals surface area contributed by atoms with Crippen LogP contribution in [0, 0.1) is 13.8 Å². The number of thiocarbonyl (C=S) groups is 1. The summed E-state index contributed by atoms with van der Waals surface area (Å²) in [5.74, 6) is 1.41. The Labute approximate surface area is 104 Å². The van der Waals surface area contributed by atoms with Gasteiger partial charge in [0.25, 0.3) is 5.78 Å². The Bertz CT molecular complexity index is 561. The average molecular weight is 250 g/mol. The minimum Gasteiger partial charge on any atom is -0.366 e. The number of rotatable bonds is 2. The van der Waals surface area contributed by atoms with Crippen LogP contribution in [0.2, 0.25) is 0 Å². The third-order valence-electron chi connectivity index (χ3n) is 2.39. The van der Waals surface area contributed by atoms with Gasteiger partial charge in [-0.1, -0.05) is 0 Å². The molecule has 90 valence electrons. The second-order valence-electron chi connectivity index (χ2n) is 3.72. The lowest BCUT2D eigenvalue weighted by molar-refractivity contribution is 0.789. The lowest BCUT2D eigenvalue weighted by Crippen LogP contribution is -2.32. The van der Waals surface area contributed by atoms with Gasteiger partial charge in [-0.2, -0.15) is 0 Å². The first-order valence-corrected chi connectivity index (χ1v) is 5.66. The maximum absolute atomic E-state index is 5.01. The van der Waals surface area contributed by atoms with Crippen molar-refractivity contribution in [2.45, 2.75) is 20.4 Å². The van der Waals surface area contributed by atoms with Crippen LogP contribution in [0.1, 0.15) is 17.2 Å². The van der Waals surface area contributed by atoms with E-state index in [0.29, 0.717) is 17.4 Å². The largest absolute Gasteiger partial charge is 0.366 e. The second-order valence-corrected chi connectivity index (χ2v) is 4.13. The average Bonchev–Trinajstić information content (AvgIpc) is 2.69. The molecular weight excluding hydrogens is 236 g/mol. The molecule has 6 nitrogen and oxygen atoms in total. The van der Waals surface area contributed by atoms with Crippen molar-refractivity contribution >= 4 is 23.1 Å². The first-order chi connectivity index (χ1) is 8.11. The lowest BCUT2D eigenvalue weighted by Gasteiger charge is -2.07. The molecule has 2 N–H and O–H groups in total. The van der Waals surface area contributed by atoms with Gasteiger partial charge < -0.3 is 10.6 Å². The normalized spacial score (nSPS) is 10.5. The summed E-state index contributed by atoms with van der Waals surface area (Å²) in [5.41, 5.74) is 2.00. The van der Waals surface area contributed by atoms with Crippen LogP contribution in [0.3, 0.4) is 0 Å². The standard InChI is InChI=1S/C10H14N6S/c1-6-4-7(2)16-8(5-12-10(17)11-3)14-15-9(16)13-6/h4H,5H2,1-3H3,(H2,11,12,17). The van der Waals surface area contributed by atoms with Crippen molar-refractivity contribution in [1.29, 1.82) is 0 Å². The van der Waals surface area contributed by atoms with Gasteiger partial charge in [0.05, 0.1) is 6.54 Å². The van der Waals surface area contributed by atoms with Crippen molar-refractivity contribution in [3.63, 3.8) is 0 Å². The SMILES string of the molecule is CNC(=S)NCc1nnc2nc(C)cc(C)n12. The first kappa shape index (κ1) is 11.7. The first-order valence-electron chi connectivity index (χ1n) is 5.25. The van der Waals surface area contributed by atoms with Gasteiger partial charge in [-0.05, 0) is 32.1 Å². The Hall–Kier alpha value is -1.76. The number of aryl methyl sites for hydroxylation is 2. The zero-order valence-corrected chi connectivity index (χ0v) is 10.8. The molecule has 0 saturated carbocycles. The highest BCUT2D eigenvalue weighted by Crippen LogP contribution is 2.07. The summed E-state index contributed by atoms with van der Waals surface area (Å²) in [6.45, 7) is 4.47. The highest BCUT2D eigenvalue weighted by molar-refractivity contribution is 7.80. The van der Waals surface area contributed by atoms with E-state index in [0.717, 1.165) is 17.2 Å². The van der Waals surface area contributed by atoms with Crippen molar-refractivity contribution in [2.24, 2.45) is 0 Å². The second kappa shape index (κ2) is 4.62. The van der Waals surface area contributed by atoms with Gasteiger partial charge in [0.2, 0.25) is 0 Å². The van der Waals surface area contributed by atoms with E-state index in [1.807, 2.05) is 24.3 Å². The molecule has 2 heterocycles. The van der Waals surface area contributed by atoms with Crippen LogP contribution < -0.4 is 10.6 Å². The van der Waals surface area contributed by atoms with Crippen molar-refractivity contribution in [3.05, 3.63) is 23.3 Å². The Morgan fingerprint density at radius 3 is 2.88 bits per heavy atom. The molecule has 7 heteroatoms. The summed E-state index contributed by atoms with van der Waals surface area (Å²) < 4.78 is 1.91. The van der Waals surface area contributed by atoms with E-state index in [-0.39, 0.29) is 0 Å². The van der Waals surface area contributed by atoms with Gasteiger partial charge in [0.15, 0.2) is 10.9 Å². The van der Waals surface area contributed by atoms with Crippen LogP contribution in [-0.2, 0) is 6.54 Å². The van der Waals surface area contributed by atoms with Crippen molar-refractivity contribution in [2.75, 3.05) is 7.05 Å². The van der Waals surface area contributed by atoms with Gasteiger partial charge in [-0.3, -0.25) is 4.40 Å². The highest BCUT2D eigenvalue weighted by atomic mass is 32.1. The van der Waals surface area contributed by atoms with Crippen LogP contribution in [0.25, 0.3) is 5.78 Å². The zero-order chi connectivity index (χ0) is 12.4. The quantitative estimate of drug-likeness (QED) is 0.749. The number of aromatic nitrogens is 4. The van der Waals surface area contributed by atoms with Crippen LogP contribution in [0.4, 0.5) is 0 Å². The van der Waals surface area contributed by atoms with Crippen molar-refractivity contribution < 1.29 is 0 Å². The van der Waals surface area contributed by atoms with E-state index in [9.17, 15) is 0 Å². The predicted octanol–water partition coefficient (Wildman–Crippen LogP) is 0.335. The number of hydrogen-bond donors (Lipinski definition) is 2. The number of fused-ring (bicyclic) bond motifs is 1. The van der Waals surface area contributed by atoms with Crippen molar-refractivity contribution in [3.8, 4) is 0 Å². The van der Waals surface area contributed by atoms with Gasteiger partial charge in [-0.15, -0.1) is 10.2 Å². The monoisotopic (exact) mass is 250 g/mol. The fourth-order valence-electron chi connectivity index (χ4n) is 1.66. The Morgan fingerprint density at radius 1 is 1.41 bits per heavy atom. The molecule has 0 aromatic carbocycles. The topological polar surface area (TPSA) is 67.1 Å². The molecule has 0 aliphatic carbocycles. The van der Waals surface area contributed by atoms with Gasteiger partial charge in [-0.25, -0.2) is 4.98 Å². The third kappa shape index (κ3) is 2.33. The molecule has 0 aliphatic heterocycles. The fraction of sp³-hybridized carbons (Fsp3) is 0.400. The van der Waals surface area contributed by atoms with Gasteiger partial charge in [0, 0.05) is 18.4 Å². The number of hydrogen-bond acceptors (Lipinski definition) is 4. The minimum absolute atomic E-state index is 0.520. The molecule has 0 spiro atoms. The van der Waals surface area contributed by atoms with Crippen LogP contribution in [0.15, 0.2) is 6.07 Å². The van der Waals surface area contributed by atoms with E-state index in [2.05, 4.69) is 25.8 Å². The summed E-state index contributed by atoms with van der Waals surface area (Å²) in [7, 11) is 1.77. The number of nitrogens with one attached hydrogen (secondary N) is 2. The summed E-state index contributed by atoms with van der Waals surface area (Å²) in [6, 6.07) is 2.00. The third-order valence-corrected chi connectivity index (χ3v) is 2.74. The molecule has 2 rings (SSSR count). The fourth-order valence-corrected chi connectivity index (χ4v) is 1.73. The maximum Gasteiger partial charge on any atom is 0.255 e. The molecule has 0 unspecified atom stereocenters. The minimum atomic E-state index is 0.520. The Morgan fingerprint density at radius 2 is 2.18 bits per heavy atom. The summed E-state index contributed by atoms with van der Waals surface area (Å²) >= 11 is 5.01. The highest BCUT2D eigenvalue weighted by Gasteiger charge is 2.09. The molecule has 17 heavy (non-hydrogen) atoms. The van der Waals surface area contributed by atoms with Gasteiger partial charge in [0.1, 0.15) is 0 Å². The van der Waals surface area contributed by atoms with E-state index in [1.165, 1.54) is 0 Å².